The summed E-state index contributed by atoms with van der Waals surface area (Å²) in [6, 6.07) is 15.6. The third-order valence-electron chi connectivity index (χ3n) is 4.05. The van der Waals surface area contributed by atoms with Crippen LogP contribution in [0.5, 0.6) is 0 Å². The first-order chi connectivity index (χ1) is 13.5. The summed E-state index contributed by atoms with van der Waals surface area (Å²) < 4.78 is 5.48. The van der Waals surface area contributed by atoms with Gasteiger partial charge in [-0.2, -0.15) is 0 Å². The number of carbonyl (C=O) groups is 1. The molecule has 0 fully saturated rings. The third kappa shape index (κ3) is 5.32. The first-order valence-electron chi connectivity index (χ1n) is 9.90. The van der Waals surface area contributed by atoms with E-state index in [9.17, 15) is 4.79 Å². The number of hydrogen-bond donors (Lipinski definition) is 0. The van der Waals surface area contributed by atoms with Crippen molar-refractivity contribution in [2.75, 3.05) is 7.11 Å². The van der Waals surface area contributed by atoms with Crippen LogP contribution >= 0.6 is 0 Å². The molecule has 0 radical (unpaired) electrons. The highest BCUT2D eigenvalue weighted by atomic mass is 16.5. The number of Topliss-reactive ketones (excluding diaryl/α,β-unsaturated/α-hetero) is 1. The Labute approximate surface area is 170 Å². The minimum atomic E-state index is -0.0307. The maximum absolute atomic E-state index is 12.7. The highest BCUT2D eigenvalue weighted by Crippen LogP contribution is 2.36. The number of hydrogen-bond acceptors (Lipinski definition) is 2. The van der Waals surface area contributed by atoms with Gasteiger partial charge < -0.3 is 4.74 Å². The first kappa shape index (κ1) is 23.2. The van der Waals surface area contributed by atoms with Crippen molar-refractivity contribution in [2.24, 2.45) is 0 Å². The van der Waals surface area contributed by atoms with Crippen molar-refractivity contribution >= 4 is 17.6 Å². The monoisotopic (exact) mass is 376 g/mol. The predicted octanol–water partition coefficient (Wildman–Crippen LogP) is 7.26. The molecule has 0 aliphatic heterocycles. The fourth-order valence-electron chi connectivity index (χ4n) is 2.80. The number of rotatable bonds is 4. The number of ether oxygens (including phenoxy) is 1. The second-order valence-corrected chi connectivity index (χ2v) is 6.21. The van der Waals surface area contributed by atoms with Crippen LogP contribution < -0.4 is 0 Å². The van der Waals surface area contributed by atoms with Crippen LogP contribution in [0.2, 0.25) is 0 Å². The molecule has 1 aliphatic rings. The lowest BCUT2D eigenvalue weighted by Gasteiger charge is -2.06. The first-order valence-corrected chi connectivity index (χ1v) is 9.90. The molecule has 2 heteroatoms. The van der Waals surface area contributed by atoms with Gasteiger partial charge in [0.05, 0.1) is 12.7 Å². The van der Waals surface area contributed by atoms with Gasteiger partial charge in [-0.05, 0) is 23.6 Å². The van der Waals surface area contributed by atoms with Gasteiger partial charge in [0, 0.05) is 11.1 Å². The smallest absolute Gasteiger partial charge is 0.198 e. The fraction of sp³-hybridized carbons (Fsp3) is 0.269. The van der Waals surface area contributed by atoms with Crippen molar-refractivity contribution in [1.82, 2.24) is 0 Å². The SMILES string of the molecule is C=C(/C=C\c1ccccc1C)C1=C(OC)c2ccccc2C1=O.CC.CCC. The number of methoxy groups -OCH3 is 1. The van der Waals surface area contributed by atoms with E-state index in [4.69, 9.17) is 4.74 Å². The van der Waals surface area contributed by atoms with E-state index in [-0.39, 0.29) is 5.78 Å². The Bertz CT molecular complexity index is 870. The number of aryl methyl sites for hydroxylation is 1. The highest BCUT2D eigenvalue weighted by Gasteiger charge is 2.31. The number of carbonyl (C=O) groups excluding carboxylic acids is 1. The largest absolute Gasteiger partial charge is 0.495 e. The Balaban J connectivity index is 0.000000717. The van der Waals surface area contributed by atoms with Gasteiger partial charge >= 0.3 is 0 Å². The molecule has 28 heavy (non-hydrogen) atoms. The molecule has 2 aromatic carbocycles. The molecule has 0 aromatic heterocycles. The molecule has 3 rings (SSSR count). The van der Waals surface area contributed by atoms with Crippen LogP contribution in [-0.4, -0.2) is 12.9 Å². The van der Waals surface area contributed by atoms with E-state index in [1.807, 2.05) is 68.5 Å². The van der Waals surface area contributed by atoms with Crippen molar-refractivity contribution in [2.45, 2.75) is 41.0 Å². The van der Waals surface area contributed by atoms with Crippen LogP contribution in [0.1, 0.15) is 61.2 Å². The molecule has 148 valence electrons. The lowest BCUT2D eigenvalue weighted by Crippen LogP contribution is -2.00. The quantitative estimate of drug-likeness (QED) is 0.525. The van der Waals surface area contributed by atoms with Crippen LogP contribution in [0.4, 0.5) is 0 Å². The molecular weight excluding hydrogens is 344 g/mol. The Morgan fingerprint density at radius 1 is 1.00 bits per heavy atom. The molecule has 0 spiro atoms. The summed E-state index contributed by atoms with van der Waals surface area (Å²) in [5, 5.41) is 0. The summed E-state index contributed by atoms with van der Waals surface area (Å²) >= 11 is 0. The molecular formula is C26H32O2. The van der Waals surface area contributed by atoms with Gasteiger partial charge in [0.15, 0.2) is 5.78 Å². The average molecular weight is 377 g/mol. The summed E-state index contributed by atoms with van der Waals surface area (Å²) in [6.07, 6.45) is 5.11. The topological polar surface area (TPSA) is 26.3 Å². The van der Waals surface area contributed by atoms with Gasteiger partial charge in [-0.25, -0.2) is 0 Å². The summed E-state index contributed by atoms with van der Waals surface area (Å²) in [4.78, 5) is 12.7. The second-order valence-electron chi connectivity index (χ2n) is 6.21. The molecule has 0 amide bonds. The molecule has 1 aliphatic carbocycles. The van der Waals surface area contributed by atoms with Crippen LogP contribution in [0.25, 0.3) is 11.8 Å². The van der Waals surface area contributed by atoms with Gasteiger partial charge in [0.2, 0.25) is 0 Å². The van der Waals surface area contributed by atoms with E-state index in [0.717, 1.165) is 11.1 Å². The zero-order valence-corrected chi connectivity index (χ0v) is 18.0. The van der Waals surface area contributed by atoms with Gasteiger partial charge in [-0.1, -0.05) is 101 Å². The lowest BCUT2D eigenvalue weighted by molar-refractivity contribution is 0.104. The Hall–Kier alpha value is -2.87. The molecule has 0 saturated heterocycles. The van der Waals surface area contributed by atoms with E-state index in [2.05, 4.69) is 33.4 Å². The van der Waals surface area contributed by atoms with Crippen molar-refractivity contribution in [3.63, 3.8) is 0 Å². The van der Waals surface area contributed by atoms with E-state index < -0.39 is 0 Å². The molecule has 0 N–H and O–H groups in total. The predicted molar refractivity (Wildman–Crippen MR) is 121 cm³/mol. The second kappa shape index (κ2) is 11.8. The van der Waals surface area contributed by atoms with Gasteiger partial charge in [0.1, 0.15) is 5.76 Å². The minimum Gasteiger partial charge on any atom is -0.495 e. The summed E-state index contributed by atoms with van der Waals surface area (Å²) in [6.45, 7) is 14.4. The normalized spacial score (nSPS) is 12.0. The molecule has 0 saturated carbocycles. The van der Waals surface area contributed by atoms with Crippen molar-refractivity contribution in [1.29, 1.82) is 0 Å². The zero-order valence-electron chi connectivity index (χ0n) is 18.0. The molecule has 2 nitrogen and oxygen atoms in total. The average Bonchev–Trinajstić information content (AvgIpc) is 3.01. The number of benzene rings is 2. The van der Waals surface area contributed by atoms with Crippen LogP contribution in [-0.2, 0) is 4.74 Å². The number of allylic oxidation sites excluding steroid dienone is 3. The highest BCUT2D eigenvalue weighted by molar-refractivity contribution is 6.22. The standard InChI is InChI=1S/C21H18O2.C3H8.C2H6/c1-14-8-4-5-9-16(14)13-12-15(2)19-20(22)17-10-6-7-11-18(17)21(19)23-3;1-3-2;1-2/h4-13H,2H2,1,3H3;3H2,1-2H3;1-2H3/b13-12-;;. The Morgan fingerprint density at radius 2 is 1.54 bits per heavy atom. The summed E-state index contributed by atoms with van der Waals surface area (Å²) in [5.41, 5.74) is 4.99. The molecule has 2 aromatic rings. The molecule has 0 unspecified atom stereocenters. The van der Waals surface area contributed by atoms with Crippen molar-refractivity contribution in [3.05, 3.63) is 94.6 Å². The van der Waals surface area contributed by atoms with Gasteiger partial charge in [-0.3, -0.25) is 4.79 Å². The van der Waals surface area contributed by atoms with E-state index in [1.165, 1.54) is 12.0 Å². The third-order valence-corrected chi connectivity index (χ3v) is 4.05. The molecule has 0 heterocycles. The van der Waals surface area contributed by atoms with Crippen LogP contribution in [0, 0.1) is 6.92 Å². The maximum atomic E-state index is 12.7. The molecule has 0 bridgehead atoms. The minimum absolute atomic E-state index is 0.0307. The summed E-state index contributed by atoms with van der Waals surface area (Å²) in [5.74, 6) is 0.571. The van der Waals surface area contributed by atoms with Gasteiger partial charge in [0.25, 0.3) is 0 Å². The van der Waals surface area contributed by atoms with Crippen LogP contribution in [0.15, 0.2) is 72.3 Å². The lowest BCUT2D eigenvalue weighted by atomic mass is 10.0. The van der Waals surface area contributed by atoms with E-state index in [0.29, 0.717) is 22.5 Å². The summed E-state index contributed by atoms with van der Waals surface area (Å²) in [7, 11) is 1.59. The maximum Gasteiger partial charge on any atom is 0.198 e. The van der Waals surface area contributed by atoms with Crippen molar-refractivity contribution < 1.29 is 9.53 Å². The Kier molecular flexibility index (Phi) is 9.73. The Morgan fingerprint density at radius 3 is 2.11 bits per heavy atom. The van der Waals surface area contributed by atoms with Crippen LogP contribution in [0.3, 0.4) is 0 Å². The zero-order chi connectivity index (χ0) is 21.1. The fourth-order valence-corrected chi connectivity index (χ4v) is 2.80. The number of ketones is 1. The number of fused-ring (bicyclic) bond motifs is 1. The van der Waals surface area contributed by atoms with Crippen molar-refractivity contribution in [3.8, 4) is 0 Å². The van der Waals surface area contributed by atoms with Gasteiger partial charge in [-0.15, -0.1) is 0 Å². The van der Waals surface area contributed by atoms with E-state index >= 15 is 0 Å². The van der Waals surface area contributed by atoms with E-state index in [1.54, 1.807) is 7.11 Å². The molecule has 0 atom stereocenters.